The Bertz CT molecular complexity index is 1240. The summed E-state index contributed by atoms with van der Waals surface area (Å²) in [6, 6.07) is 15.8. The summed E-state index contributed by atoms with van der Waals surface area (Å²) in [5.74, 6) is -0.177. The lowest BCUT2D eigenvalue weighted by Crippen LogP contribution is -2.12. The molecule has 0 aliphatic carbocycles. The van der Waals surface area contributed by atoms with E-state index in [9.17, 15) is 4.79 Å². The third kappa shape index (κ3) is 4.86. The van der Waals surface area contributed by atoms with Gasteiger partial charge in [-0.05, 0) is 44.0 Å². The molecule has 0 aliphatic rings. The zero-order chi connectivity index (χ0) is 22.0. The molecule has 0 unspecified atom stereocenters. The highest BCUT2D eigenvalue weighted by atomic mass is 35.5. The predicted octanol–water partition coefficient (Wildman–Crippen LogP) is 5.01. The summed E-state index contributed by atoms with van der Waals surface area (Å²) in [5.41, 5.74) is 6.31. The fraction of sp³-hybridized carbons (Fsp3) is 0.208. The molecular weight excluding hydrogens is 410 g/mol. The third-order valence-corrected chi connectivity index (χ3v) is 5.68. The van der Waals surface area contributed by atoms with Gasteiger partial charge in [0, 0.05) is 11.8 Å². The number of amides is 1. The first-order valence-corrected chi connectivity index (χ1v) is 10.4. The van der Waals surface area contributed by atoms with Crippen LogP contribution in [0.1, 0.15) is 38.4 Å². The maximum absolute atomic E-state index is 12.8. The van der Waals surface area contributed by atoms with Crippen molar-refractivity contribution in [1.29, 1.82) is 0 Å². The molecular formula is C24H24ClN5O. The number of carbonyl (C=O) groups excluding carboxylic acids is 1. The summed E-state index contributed by atoms with van der Waals surface area (Å²) in [4.78, 5) is 12.8. The first kappa shape index (κ1) is 20.9. The number of nitrogens with one attached hydrogen (secondary N) is 1. The van der Waals surface area contributed by atoms with Gasteiger partial charge in [0.2, 0.25) is 0 Å². The molecule has 0 bridgehead atoms. The van der Waals surface area contributed by atoms with E-state index in [1.165, 1.54) is 5.56 Å². The lowest BCUT2D eigenvalue weighted by molar-refractivity contribution is 0.102. The van der Waals surface area contributed by atoms with Gasteiger partial charge >= 0.3 is 0 Å². The Morgan fingerprint density at radius 3 is 2.48 bits per heavy atom. The average Bonchev–Trinajstić information content (AvgIpc) is 3.27. The van der Waals surface area contributed by atoms with Crippen LogP contribution < -0.4 is 5.32 Å². The van der Waals surface area contributed by atoms with Crippen LogP contribution in [0, 0.1) is 20.8 Å². The Morgan fingerprint density at radius 1 is 1.03 bits per heavy atom. The van der Waals surface area contributed by atoms with Crippen molar-refractivity contribution in [1.82, 2.24) is 19.6 Å². The number of aromatic nitrogens is 4. The molecule has 7 heteroatoms. The second-order valence-corrected chi connectivity index (χ2v) is 8.09. The van der Waals surface area contributed by atoms with Gasteiger partial charge in [-0.15, -0.1) is 0 Å². The fourth-order valence-electron chi connectivity index (χ4n) is 3.53. The van der Waals surface area contributed by atoms with Crippen LogP contribution in [0.5, 0.6) is 0 Å². The number of hydrogen-bond donors (Lipinski definition) is 1. The molecule has 158 valence electrons. The quantitative estimate of drug-likeness (QED) is 0.465. The average molecular weight is 434 g/mol. The van der Waals surface area contributed by atoms with Crippen molar-refractivity contribution in [2.75, 3.05) is 5.32 Å². The maximum Gasteiger partial charge on any atom is 0.255 e. The van der Waals surface area contributed by atoms with Gasteiger partial charge in [0.15, 0.2) is 0 Å². The van der Waals surface area contributed by atoms with E-state index in [1.807, 2.05) is 53.7 Å². The molecule has 4 aromatic rings. The SMILES string of the molecule is Cc1cccc(Cn2cc(NC(=O)c3cccc(Cn4nc(C)c(Cl)c4C)c3)cn2)c1. The van der Waals surface area contributed by atoms with Crippen LogP contribution in [-0.4, -0.2) is 25.5 Å². The van der Waals surface area contributed by atoms with Gasteiger partial charge in [-0.25, -0.2) is 0 Å². The van der Waals surface area contributed by atoms with Gasteiger partial charge in [-0.1, -0.05) is 53.6 Å². The van der Waals surface area contributed by atoms with Crippen LogP contribution >= 0.6 is 11.6 Å². The zero-order valence-electron chi connectivity index (χ0n) is 17.8. The van der Waals surface area contributed by atoms with Crippen molar-refractivity contribution < 1.29 is 4.79 Å². The number of anilines is 1. The number of rotatable bonds is 6. The Labute approximate surface area is 186 Å². The van der Waals surface area contributed by atoms with Gasteiger partial charge in [-0.3, -0.25) is 14.2 Å². The second-order valence-electron chi connectivity index (χ2n) is 7.71. The van der Waals surface area contributed by atoms with E-state index in [0.29, 0.717) is 29.4 Å². The van der Waals surface area contributed by atoms with Crippen molar-refractivity contribution in [2.45, 2.75) is 33.9 Å². The molecule has 6 nitrogen and oxygen atoms in total. The monoisotopic (exact) mass is 433 g/mol. The van der Waals surface area contributed by atoms with Crippen molar-refractivity contribution in [3.8, 4) is 0 Å². The van der Waals surface area contributed by atoms with Crippen molar-refractivity contribution in [3.63, 3.8) is 0 Å². The van der Waals surface area contributed by atoms with E-state index >= 15 is 0 Å². The molecule has 31 heavy (non-hydrogen) atoms. The first-order valence-electron chi connectivity index (χ1n) is 10.1. The lowest BCUT2D eigenvalue weighted by atomic mass is 10.1. The Balaban J connectivity index is 1.44. The minimum atomic E-state index is -0.177. The lowest BCUT2D eigenvalue weighted by Gasteiger charge is -2.08. The van der Waals surface area contributed by atoms with E-state index in [-0.39, 0.29) is 5.91 Å². The maximum atomic E-state index is 12.8. The van der Waals surface area contributed by atoms with Gasteiger partial charge in [-0.2, -0.15) is 10.2 Å². The highest BCUT2D eigenvalue weighted by molar-refractivity contribution is 6.31. The van der Waals surface area contributed by atoms with Gasteiger partial charge in [0.1, 0.15) is 0 Å². The fourth-order valence-corrected chi connectivity index (χ4v) is 3.66. The molecule has 1 N–H and O–H groups in total. The normalized spacial score (nSPS) is 11.0. The van der Waals surface area contributed by atoms with Gasteiger partial charge in [0.25, 0.3) is 5.91 Å². The molecule has 0 spiro atoms. The summed E-state index contributed by atoms with van der Waals surface area (Å²) in [6.07, 6.45) is 3.50. The Morgan fingerprint density at radius 2 is 1.77 bits per heavy atom. The van der Waals surface area contributed by atoms with Crippen LogP contribution in [0.4, 0.5) is 5.69 Å². The molecule has 0 saturated heterocycles. The number of aryl methyl sites for hydroxylation is 2. The van der Waals surface area contributed by atoms with Crippen molar-refractivity contribution in [2.24, 2.45) is 0 Å². The smallest absolute Gasteiger partial charge is 0.255 e. The Kier molecular flexibility index (Phi) is 5.91. The molecule has 0 saturated carbocycles. The van der Waals surface area contributed by atoms with E-state index < -0.39 is 0 Å². The van der Waals surface area contributed by atoms with E-state index in [4.69, 9.17) is 11.6 Å². The van der Waals surface area contributed by atoms with Crippen LogP contribution in [0.3, 0.4) is 0 Å². The topological polar surface area (TPSA) is 64.7 Å². The molecule has 2 aromatic heterocycles. The first-order chi connectivity index (χ1) is 14.9. The van der Waals surface area contributed by atoms with E-state index in [0.717, 1.165) is 22.5 Å². The number of carbonyl (C=O) groups is 1. The molecule has 4 rings (SSSR count). The molecule has 0 atom stereocenters. The van der Waals surface area contributed by atoms with Crippen LogP contribution in [0.15, 0.2) is 60.9 Å². The standard InChI is InChI=1S/C24H24ClN5O/c1-16-6-4-7-19(10-16)13-29-15-22(12-26-29)27-24(31)21-9-5-8-20(11-21)14-30-18(3)23(25)17(2)28-30/h4-12,15H,13-14H2,1-3H3,(H,27,31). The van der Waals surface area contributed by atoms with E-state index in [1.54, 1.807) is 12.3 Å². The number of hydrogen-bond acceptors (Lipinski definition) is 3. The largest absolute Gasteiger partial charge is 0.319 e. The van der Waals surface area contributed by atoms with Gasteiger partial charge < -0.3 is 5.32 Å². The number of benzene rings is 2. The van der Waals surface area contributed by atoms with Crippen molar-refractivity contribution in [3.05, 3.63) is 99.6 Å². The van der Waals surface area contributed by atoms with E-state index in [2.05, 4.69) is 40.6 Å². The summed E-state index contributed by atoms with van der Waals surface area (Å²) in [7, 11) is 0. The molecule has 0 fully saturated rings. The van der Waals surface area contributed by atoms with Crippen LogP contribution in [0.2, 0.25) is 5.02 Å². The molecule has 0 radical (unpaired) electrons. The van der Waals surface area contributed by atoms with Crippen LogP contribution in [-0.2, 0) is 13.1 Å². The number of halogens is 1. The highest BCUT2D eigenvalue weighted by Crippen LogP contribution is 2.20. The van der Waals surface area contributed by atoms with Crippen LogP contribution in [0.25, 0.3) is 0 Å². The summed E-state index contributed by atoms with van der Waals surface area (Å²) in [6.45, 7) is 7.09. The Hall–Kier alpha value is -3.38. The molecule has 2 aromatic carbocycles. The second kappa shape index (κ2) is 8.78. The molecule has 1 amide bonds. The summed E-state index contributed by atoms with van der Waals surface area (Å²) < 4.78 is 3.66. The highest BCUT2D eigenvalue weighted by Gasteiger charge is 2.12. The zero-order valence-corrected chi connectivity index (χ0v) is 18.5. The molecule has 0 aliphatic heterocycles. The summed E-state index contributed by atoms with van der Waals surface area (Å²) >= 11 is 6.24. The minimum Gasteiger partial charge on any atom is -0.319 e. The third-order valence-electron chi connectivity index (χ3n) is 5.13. The van der Waals surface area contributed by atoms with Crippen molar-refractivity contribution >= 4 is 23.2 Å². The predicted molar refractivity (Wildman–Crippen MR) is 123 cm³/mol. The molecule has 2 heterocycles. The minimum absolute atomic E-state index is 0.177. The summed E-state index contributed by atoms with van der Waals surface area (Å²) in [5, 5.41) is 12.4. The number of nitrogens with zero attached hydrogens (tertiary/aromatic N) is 4. The van der Waals surface area contributed by atoms with Gasteiger partial charge in [0.05, 0.1) is 41.4 Å².